The molecule has 0 aromatic carbocycles. The number of thiophene rings is 1. The van der Waals surface area contributed by atoms with Crippen LogP contribution in [0.4, 0.5) is 0 Å². The first-order valence-corrected chi connectivity index (χ1v) is 4.97. The Morgan fingerprint density at radius 2 is 2.36 bits per heavy atom. The van der Waals surface area contributed by atoms with E-state index < -0.39 is 5.97 Å². The van der Waals surface area contributed by atoms with E-state index in [1.54, 1.807) is 0 Å². The number of carboxylic acids is 1. The summed E-state index contributed by atoms with van der Waals surface area (Å²) >= 11 is 1.16. The van der Waals surface area contributed by atoms with E-state index in [0.29, 0.717) is 18.6 Å². The summed E-state index contributed by atoms with van der Waals surface area (Å²) in [4.78, 5) is 23.2. The van der Waals surface area contributed by atoms with E-state index in [4.69, 9.17) is 9.84 Å². The van der Waals surface area contributed by atoms with Gasteiger partial charge in [0, 0.05) is 16.9 Å². The summed E-state index contributed by atoms with van der Waals surface area (Å²) in [6.07, 6.45) is 0.624. The molecular formula is C9H8O4S. The molecule has 0 atom stereocenters. The fourth-order valence-electron chi connectivity index (χ4n) is 1.36. The van der Waals surface area contributed by atoms with Crippen molar-refractivity contribution in [2.24, 2.45) is 0 Å². The predicted octanol–water partition coefficient (Wildman–Crippen LogP) is 1.20. The van der Waals surface area contributed by atoms with Gasteiger partial charge in [-0.2, -0.15) is 0 Å². The number of rotatable bonds is 1. The number of aromatic carboxylic acids is 1. The molecule has 2 rings (SSSR count). The van der Waals surface area contributed by atoms with Gasteiger partial charge in [0.1, 0.15) is 11.5 Å². The molecule has 0 aliphatic carbocycles. The Kier molecular flexibility index (Phi) is 2.35. The lowest BCUT2D eigenvalue weighted by Crippen LogP contribution is -2.05. The fraction of sp³-hybridized carbons (Fsp3) is 0.333. The van der Waals surface area contributed by atoms with Crippen molar-refractivity contribution in [2.75, 3.05) is 13.2 Å². The molecule has 0 saturated carbocycles. The van der Waals surface area contributed by atoms with Gasteiger partial charge in [-0.25, -0.2) is 4.79 Å². The van der Waals surface area contributed by atoms with Gasteiger partial charge in [0.05, 0.1) is 6.61 Å². The minimum atomic E-state index is -0.975. The molecule has 74 valence electrons. The van der Waals surface area contributed by atoms with Crippen molar-refractivity contribution in [3.8, 4) is 0 Å². The average molecular weight is 212 g/mol. The molecule has 2 heterocycles. The normalized spacial score (nSPS) is 16.1. The first-order chi connectivity index (χ1) is 6.68. The minimum absolute atomic E-state index is 0.0583. The van der Waals surface area contributed by atoms with Gasteiger partial charge in [-0.1, -0.05) is 0 Å². The predicted molar refractivity (Wildman–Crippen MR) is 50.1 cm³/mol. The molecule has 0 spiro atoms. The largest absolute Gasteiger partial charge is 0.477 e. The zero-order chi connectivity index (χ0) is 10.1. The zero-order valence-corrected chi connectivity index (χ0v) is 8.10. The molecule has 1 aliphatic rings. The van der Waals surface area contributed by atoms with E-state index in [-0.39, 0.29) is 17.3 Å². The Morgan fingerprint density at radius 1 is 1.57 bits per heavy atom. The third-order valence-corrected chi connectivity index (χ3v) is 3.21. The fourth-order valence-corrected chi connectivity index (χ4v) is 2.36. The van der Waals surface area contributed by atoms with Gasteiger partial charge >= 0.3 is 5.97 Å². The summed E-state index contributed by atoms with van der Waals surface area (Å²) in [5, 5.41) is 8.76. The molecule has 0 saturated heterocycles. The second kappa shape index (κ2) is 3.51. The SMILES string of the molecule is O=C(O)c1cc2c(s1)CCOCC2=O. The lowest BCUT2D eigenvalue weighted by atomic mass is 10.1. The number of carbonyl (C=O) groups excluding carboxylic acids is 1. The van der Waals surface area contributed by atoms with Crippen molar-refractivity contribution in [3.63, 3.8) is 0 Å². The van der Waals surface area contributed by atoms with E-state index in [0.717, 1.165) is 16.2 Å². The van der Waals surface area contributed by atoms with Crippen LogP contribution in [0, 0.1) is 0 Å². The summed E-state index contributed by atoms with van der Waals surface area (Å²) < 4.78 is 5.06. The van der Waals surface area contributed by atoms with Crippen LogP contribution >= 0.6 is 11.3 Å². The molecule has 1 aromatic rings. The molecule has 0 radical (unpaired) electrons. The first kappa shape index (κ1) is 9.36. The minimum Gasteiger partial charge on any atom is -0.477 e. The second-order valence-corrected chi connectivity index (χ2v) is 4.12. The summed E-state index contributed by atoms with van der Waals surface area (Å²) in [6.45, 7) is 0.543. The van der Waals surface area contributed by atoms with Gasteiger partial charge in [-0.05, 0) is 6.07 Å². The lowest BCUT2D eigenvalue weighted by molar-refractivity contribution is 0.0702. The number of carboxylic acid groups (broad SMARTS) is 1. The number of hydrogen-bond acceptors (Lipinski definition) is 4. The smallest absolute Gasteiger partial charge is 0.345 e. The van der Waals surface area contributed by atoms with Crippen LogP contribution < -0.4 is 0 Å². The lowest BCUT2D eigenvalue weighted by Gasteiger charge is -1.93. The Bertz CT molecular complexity index is 394. The van der Waals surface area contributed by atoms with E-state index in [9.17, 15) is 9.59 Å². The van der Waals surface area contributed by atoms with Crippen molar-refractivity contribution >= 4 is 23.1 Å². The standard InChI is InChI=1S/C9H8O4S/c10-6-4-13-2-1-7-5(6)3-8(14-7)9(11)12/h3H,1-2,4H2,(H,11,12). The Balaban J connectivity index is 2.44. The highest BCUT2D eigenvalue weighted by Gasteiger charge is 2.21. The topological polar surface area (TPSA) is 63.6 Å². The third-order valence-electron chi connectivity index (χ3n) is 2.03. The molecular weight excluding hydrogens is 204 g/mol. The molecule has 0 unspecified atom stereocenters. The quantitative estimate of drug-likeness (QED) is 0.759. The van der Waals surface area contributed by atoms with Crippen LogP contribution in [0.1, 0.15) is 24.9 Å². The molecule has 1 N–H and O–H groups in total. The van der Waals surface area contributed by atoms with Crippen LogP contribution in [0.3, 0.4) is 0 Å². The van der Waals surface area contributed by atoms with Gasteiger partial charge in [-0.15, -0.1) is 11.3 Å². The number of ether oxygens (including phenoxy) is 1. The molecule has 0 fully saturated rings. The Hall–Kier alpha value is -1.20. The number of hydrogen-bond donors (Lipinski definition) is 1. The maximum atomic E-state index is 11.4. The average Bonchev–Trinajstić information content (AvgIpc) is 2.49. The summed E-state index contributed by atoms with van der Waals surface area (Å²) in [5.74, 6) is -1.10. The molecule has 0 bridgehead atoms. The van der Waals surface area contributed by atoms with Gasteiger partial charge in [-0.3, -0.25) is 4.79 Å². The van der Waals surface area contributed by atoms with E-state index in [1.807, 2.05) is 0 Å². The molecule has 5 heteroatoms. The highest BCUT2D eigenvalue weighted by atomic mass is 32.1. The number of Topliss-reactive ketones (excluding diaryl/α,β-unsaturated/α-hetero) is 1. The molecule has 4 nitrogen and oxygen atoms in total. The Morgan fingerprint density at radius 3 is 3.07 bits per heavy atom. The van der Waals surface area contributed by atoms with E-state index in [1.165, 1.54) is 6.07 Å². The summed E-state index contributed by atoms with van der Waals surface area (Å²) in [5.41, 5.74) is 0.518. The van der Waals surface area contributed by atoms with Crippen LogP contribution in [0.25, 0.3) is 0 Å². The molecule has 1 aromatic heterocycles. The van der Waals surface area contributed by atoms with E-state index in [2.05, 4.69) is 0 Å². The van der Waals surface area contributed by atoms with Crippen molar-refractivity contribution in [2.45, 2.75) is 6.42 Å². The first-order valence-electron chi connectivity index (χ1n) is 4.15. The maximum absolute atomic E-state index is 11.4. The number of fused-ring (bicyclic) bond motifs is 1. The second-order valence-electron chi connectivity index (χ2n) is 2.98. The number of ketones is 1. The summed E-state index contributed by atoms with van der Waals surface area (Å²) in [6, 6.07) is 1.44. The monoisotopic (exact) mass is 212 g/mol. The maximum Gasteiger partial charge on any atom is 0.345 e. The van der Waals surface area contributed by atoms with Gasteiger partial charge < -0.3 is 9.84 Å². The summed E-state index contributed by atoms with van der Waals surface area (Å²) in [7, 11) is 0. The van der Waals surface area contributed by atoms with Gasteiger partial charge in [0.25, 0.3) is 0 Å². The molecule has 14 heavy (non-hydrogen) atoms. The molecule has 0 amide bonds. The Labute approximate surface area is 84.1 Å². The van der Waals surface area contributed by atoms with Gasteiger partial charge in [0.15, 0.2) is 5.78 Å². The van der Waals surface area contributed by atoms with Crippen LogP contribution in [0.2, 0.25) is 0 Å². The van der Waals surface area contributed by atoms with Gasteiger partial charge in [0.2, 0.25) is 0 Å². The third kappa shape index (κ3) is 1.56. The number of carbonyl (C=O) groups is 2. The van der Waals surface area contributed by atoms with Crippen LogP contribution in [0.5, 0.6) is 0 Å². The molecule has 1 aliphatic heterocycles. The zero-order valence-electron chi connectivity index (χ0n) is 7.28. The van der Waals surface area contributed by atoms with E-state index >= 15 is 0 Å². The van der Waals surface area contributed by atoms with Crippen LogP contribution in [-0.4, -0.2) is 30.1 Å². The van der Waals surface area contributed by atoms with Crippen molar-refractivity contribution in [1.82, 2.24) is 0 Å². The van der Waals surface area contributed by atoms with Crippen LogP contribution in [-0.2, 0) is 11.2 Å². The van der Waals surface area contributed by atoms with Crippen molar-refractivity contribution in [1.29, 1.82) is 0 Å². The van der Waals surface area contributed by atoms with Crippen molar-refractivity contribution in [3.05, 3.63) is 21.4 Å². The highest BCUT2D eigenvalue weighted by Crippen LogP contribution is 2.25. The van der Waals surface area contributed by atoms with Crippen LogP contribution in [0.15, 0.2) is 6.07 Å². The van der Waals surface area contributed by atoms with Crippen molar-refractivity contribution < 1.29 is 19.4 Å². The highest BCUT2D eigenvalue weighted by molar-refractivity contribution is 7.14.